The number of rotatable bonds is 4. The Morgan fingerprint density at radius 1 is 1.22 bits per heavy atom. The fourth-order valence-corrected chi connectivity index (χ4v) is 2.69. The summed E-state index contributed by atoms with van der Waals surface area (Å²) in [5.74, 6) is 6.98. The summed E-state index contributed by atoms with van der Waals surface area (Å²) in [4.78, 5) is 8.36. The second-order valence-corrected chi connectivity index (χ2v) is 4.98. The minimum Gasteiger partial charge on any atom is -0.308 e. The van der Waals surface area contributed by atoms with Gasteiger partial charge in [0.05, 0.1) is 0 Å². The second-order valence-electron chi connectivity index (χ2n) is 4.01. The van der Waals surface area contributed by atoms with Gasteiger partial charge in [0.15, 0.2) is 0 Å². The van der Waals surface area contributed by atoms with E-state index in [1.54, 1.807) is 11.8 Å². The van der Waals surface area contributed by atoms with Crippen molar-refractivity contribution < 1.29 is 0 Å². The van der Waals surface area contributed by atoms with E-state index < -0.39 is 0 Å². The van der Waals surface area contributed by atoms with Gasteiger partial charge in [0.1, 0.15) is 17.2 Å². The van der Waals surface area contributed by atoms with E-state index in [2.05, 4.69) is 46.6 Å². The Kier molecular flexibility index (Phi) is 4.17. The van der Waals surface area contributed by atoms with Crippen molar-refractivity contribution in [3.63, 3.8) is 0 Å². The highest BCUT2D eigenvalue weighted by molar-refractivity contribution is 7.98. The lowest BCUT2D eigenvalue weighted by atomic mass is 10.1. The van der Waals surface area contributed by atoms with Crippen LogP contribution in [0.2, 0.25) is 0 Å². The van der Waals surface area contributed by atoms with Crippen LogP contribution in [0.4, 0.5) is 5.82 Å². The predicted molar refractivity (Wildman–Crippen MR) is 75.3 cm³/mol. The maximum atomic E-state index is 5.40. The molecular formula is C13H16N4S. The molecule has 2 aromatic rings. The van der Waals surface area contributed by atoms with Crippen LogP contribution in [0.25, 0.3) is 0 Å². The standard InChI is InChI=1S/C13H16N4S/c1-9-5-3-4-6-11(9)7-18-13-10(2)12(17-14)15-8-16-13/h3-6,8H,7,14H2,1-2H3,(H,15,16,17). The molecule has 3 N–H and O–H groups in total. The van der Waals surface area contributed by atoms with Gasteiger partial charge < -0.3 is 5.43 Å². The van der Waals surface area contributed by atoms with E-state index >= 15 is 0 Å². The van der Waals surface area contributed by atoms with E-state index in [-0.39, 0.29) is 0 Å². The highest BCUT2D eigenvalue weighted by atomic mass is 32.2. The van der Waals surface area contributed by atoms with Crippen LogP contribution in [-0.2, 0) is 5.75 Å². The molecule has 0 saturated carbocycles. The number of hydrogen-bond acceptors (Lipinski definition) is 5. The molecule has 0 aliphatic rings. The third kappa shape index (κ3) is 2.80. The molecule has 0 radical (unpaired) electrons. The van der Waals surface area contributed by atoms with Crippen molar-refractivity contribution in [2.45, 2.75) is 24.6 Å². The first-order chi connectivity index (χ1) is 8.72. The third-order valence-corrected chi connectivity index (χ3v) is 3.94. The highest BCUT2D eigenvalue weighted by Gasteiger charge is 2.07. The van der Waals surface area contributed by atoms with Gasteiger partial charge in [-0.25, -0.2) is 15.8 Å². The molecule has 0 aliphatic heterocycles. The van der Waals surface area contributed by atoms with Crippen LogP contribution >= 0.6 is 11.8 Å². The van der Waals surface area contributed by atoms with E-state index in [1.807, 2.05) is 6.92 Å². The molecular weight excluding hydrogens is 244 g/mol. The van der Waals surface area contributed by atoms with E-state index in [4.69, 9.17) is 5.84 Å². The molecule has 5 heteroatoms. The minimum absolute atomic E-state index is 0.678. The Hall–Kier alpha value is -1.59. The molecule has 18 heavy (non-hydrogen) atoms. The first-order valence-corrected chi connectivity index (χ1v) is 6.66. The van der Waals surface area contributed by atoms with Crippen molar-refractivity contribution in [2.24, 2.45) is 5.84 Å². The molecule has 0 spiro atoms. The largest absolute Gasteiger partial charge is 0.308 e. The quantitative estimate of drug-likeness (QED) is 0.383. The zero-order valence-electron chi connectivity index (χ0n) is 10.5. The van der Waals surface area contributed by atoms with Crippen molar-refractivity contribution in [1.29, 1.82) is 0 Å². The molecule has 0 atom stereocenters. The number of nitrogens with zero attached hydrogens (tertiary/aromatic N) is 2. The van der Waals surface area contributed by atoms with E-state index in [0.717, 1.165) is 16.3 Å². The maximum Gasteiger partial charge on any atom is 0.147 e. The molecule has 1 aromatic heterocycles. The van der Waals surface area contributed by atoms with Crippen LogP contribution in [0.15, 0.2) is 35.6 Å². The Bertz CT molecular complexity index is 542. The van der Waals surface area contributed by atoms with Gasteiger partial charge in [0.2, 0.25) is 0 Å². The lowest BCUT2D eigenvalue weighted by Crippen LogP contribution is -2.10. The topological polar surface area (TPSA) is 63.8 Å². The van der Waals surface area contributed by atoms with Gasteiger partial charge in [-0.2, -0.15) is 0 Å². The number of thioether (sulfide) groups is 1. The Labute approximate surface area is 111 Å². The average molecular weight is 260 g/mol. The van der Waals surface area contributed by atoms with Crippen LogP contribution in [0, 0.1) is 13.8 Å². The molecule has 0 bridgehead atoms. The van der Waals surface area contributed by atoms with Crippen molar-refractivity contribution in [3.8, 4) is 0 Å². The monoisotopic (exact) mass is 260 g/mol. The first kappa shape index (κ1) is 12.9. The van der Waals surface area contributed by atoms with Gasteiger partial charge in [-0.3, -0.25) is 0 Å². The summed E-state index contributed by atoms with van der Waals surface area (Å²) in [5, 5.41) is 0.959. The third-order valence-electron chi connectivity index (χ3n) is 2.80. The van der Waals surface area contributed by atoms with Crippen molar-refractivity contribution in [3.05, 3.63) is 47.3 Å². The number of nitrogens with one attached hydrogen (secondary N) is 1. The van der Waals surface area contributed by atoms with Crippen molar-refractivity contribution in [2.75, 3.05) is 5.43 Å². The van der Waals surface area contributed by atoms with Gasteiger partial charge in [0, 0.05) is 11.3 Å². The predicted octanol–water partition coefficient (Wildman–Crippen LogP) is 2.67. The molecule has 0 unspecified atom stereocenters. The number of nitrogen functional groups attached to an aromatic ring is 1. The normalized spacial score (nSPS) is 10.4. The maximum absolute atomic E-state index is 5.40. The lowest BCUT2D eigenvalue weighted by molar-refractivity contribution is 0.996. The number of aromatic nitrogens is 2. The molecule has 0 aliphatic carbocycles. The fraction of sp³-hybridized carbons (Fsp3) is 0.231. The summed E-state index contributed by atoms with van der Waals surface area (Å²) >= 11 is 1.70. The number of aryl methyl sites for hydroxylation is 1. The van der Waals surface area contributed by atoms with E-state index in [9.17, 15) is 0 Å². The molecule has 4 nitrogen and oxygen atoms in total. The van der Waals surface area contributed by atoms with Crippen molar-refractivity contribution >= 4 is 17.6 Å². The Morgan fingerprint density at radius 2 is 2.00 bits per heavy atom. The molecule has 0 saturated heterocycles. The van der Waals surface area contributed by atoms with Gasteiger partial charge in [0.25, 0.3) is 0 Å². The average Bonchev–Trinajstić information content (AvgIpc) is 2.39. The second kappa shape index (κ2) is 5.84. The fourth-order valence-electron chi connectivity index (χ4n) is 1.64. The summed E-state index contributed by atoms with van der Waals surface area (Å²) in [6.45, 7) is 4.09. The zero-order chi connectivity index (χ0) is 13.0. The number of nitrogens with two attached hydrogens (primary N) is 1. The molecule has 2 rings (SSSR count). The molecule has 0 fully saturated rings. The van der Waals surface area contributed by atoms with Crippen LogP contribution in [0.3, 0.4) is 0 Å². The van der Waals surface area contributed by atoms with Crippen LogP contribution in [-0.4, -0.2) is 9.97 Å². The van der Waals surface area contributed by atoms with Crippen molar-refractivity contribution in [1.82, 2.24) is 9.97 Å². The van der Waals surface area contributed by atoms with Gasteiger partial charge in [-0.1, -0.05) is 24.3 Å². The molecule has 0 amide bonds. The summed E-state index contributed by atoms with van der Waals surface area (Å²) in [7, 11) is 0. The van der Waals surface area contributed by atoms with E-state index in [0.29, 0.717) is 5.82 Å². The van der Waals surface area contributed by atoms with Gasteiger partial charge in [-0.15, -0.1) is 11.8 Å². The summed E-state index contributed by atoms with van der Waals surface area (Å²) in [6, 6.07) is 8.37. The zero-order valence-corrected chi connectivity index (χ0v) is 11.3. The molecule has 1 aromatic carbocycles. The minimum atomic E-state index is 0.678. The molecule has 94 valence electrons. The first-order valence-electron chi connectivity index (χ1n) is 5.68. The number of hydrogen-bond donors (Lipinski definition) is 2. The van der Waals surface area contributed by atoms with Gasteiger partial charge in [-0.05, 0) is 25.0 Å². The van der Waals surface area contributed by atoms with Crippen LogP contribution < -0.4 is 11.3 Å². The summed E-state index contributed by atoms with van der Waals surface area (Å²) < 4.78 is 0. The smallest absolute Gasteiger partial charge is 0.147 e. The summed E-state index contributed by atoms with van der Waals surface area (Å²) in [6.07, 6.45) is 1.53. The number of anilines is 1. The van der Waals surface area contributed by atoms with E-state index in [1.165, 1.54) is 17.5 Å². The Balaban J connectivity index is 2.14. The van der Waals surface area contributed by atoms with Crippen LogP contribution in [0.1, 0.15) is 16.7 Å². The highest BCUT2D eigenvalue weighted by Crippen LogP contribution is 2.27. The summed E-state index contributed by atoms with van der Waals surface area (Å²) in [5.41, 5.74) is 6.19. The lowest BCUT2D eigenvalue weighted by Gasteiger charge is -2.09. The van der Waals surface area contributed by atoms with Crippen LogP contribution in [0.5, 0.6) is 0 Å². The SMILES string of the molecule is Cc1ccccc1CSc1ncnc(NN)c1C. The number of hydrazine groups is 1. The Morgan fingerprint density at radius 3 is 2.72 bits per heavy atom. The van der Waals surface area contributed by atoms with Gasteiger partial charge >= 0.3 is 0 Å². The number of benzene rings is 1. The molecule has 1 heterocycles.